The third-order valence-electron chi connectivity index (χ3n) is 4.42. The number of thioether (sulfide) groups is 1. The number of rotatable bonds is 5. The maximum Gasteiger partial charge on any atom is 0.233 e. The van der Waals surface area contributed by atoms with Crippen molar-refractivity contribution < 1.29 is 4.79 Å². The van der Waals surface area contributed by atoms with Gasteiger partial charge in [0.1, 0.15) is 5.82 Å². The molecule has 144 valence electrons. The van der Waals surface area contributed by atoms with Gasteiger partial charge >= 0.3 is 0 Å². The van der Waals surface area contributed by atoms with Crippen molar-refractivity contribution in [1.82, 2.24) is 30.1 Å². The van der Waals surface area contributed by atoms with Crippen molar-refractivity contribution in [2.45, 2.75) is 5.16 Å². The van der Waals surface area contributed by atoms with E-state index in [-0.39, 0.29) is 11.7 Å². The van der Waals surface area contributed by atoms with Gasteiger partial charge in [-0.1, -0.05) is 35.5 Å². The lowest BCUT2D eigenvalue weighted by Crippen LogP contribution is -2.49. The predicted molar refractivity (Wildman–Crippen MR) is 108 cm³/mol. The van der Waals surface area contributed by atoms with E-state index in [2.05, 4.69) is 25.4 Å². The molecule has 0 aliphatic carbocycles. The van der Waals surface area contributed by atoms with E-state index >= 15 is 0 Å². The number of piperazine rings is 1. The standard InChI is InChI=1S/C18H18ClN7OS/c19-14-4-3-5-15(12-14)26-18(21-22-23-26)28-13-17(27)25-10-8-24(9-11-25)16-6-1-2-7-20-16/h1-7,12H,8-11,13H2. The number of carbonyl (C=O) groups is 1. The first-order valence-corrected chi connectivity index (χ1v) is 10.2. The molecule has 4 rings (SSSR count). The zero-order valence-electron chi connectivity index (χ0n) is 15.0. The Morgan fingerprint density at radius 2 is 1.96 bits per heavy atom. The van der Waals surface area contributed by atoms with Crippen LogP contribution in [0.4, 0.5) is 5.82 Å². The van der Waals surface area contributed by atoms with Crippen LogP contribution in [0.1, 0.15) is 0 Å². The molecule has 0 atom stereocenters. The van der Waals surface area contributed by atoms with Crippen LogP contribution in [0, 0.1) is 0 Å². The Hall–Kier alpha value is -2.65. The maximum absolute atomic E-state index is 12.6. The number of amides is 1. The molecule has 3 aromatic rings. The second kappa shape index (κ2) is 8.57. The van der Waals surface area contributed by atoms with E-state index in [1.807, 2.05) is 35.2 Å². The summed E-state index contributed by atoms with van der Waals surface area (Å²) in [6.45, 7) is 2.89. The summed E-state index contributed by atoms with van der Waals surface area (Å²) in [6.07, 6.45) is 1.79. The normalized spacial score (nSPS) is 14.3. The smallest absolute Gasteiger partial charge is 0.233 e. The molecule has 0 radical (unpaired) electrons. The summed E-state index contributed by atoms with van der Waals surface area (Å²) >= 11 is 7.36. The molecule has 0 saturated carbocycles. The largest absolute Gasteiger partial charge is 0.353 e. The van der Waals surface area contributed by atoms with Gasteiger partial charge in [-0.15, -0.1) is 5.10 Å². The second-order valence-corrected chi connectivity index (χ2v) is 7.58. The summed E-state index contributed by atoms with van der Waals surface area (Å²) in [4.78, 5) is 21.0. The number of pyridine rings is 1. The van der Waals surface area contributed by atoms with Gasteiger partial charge in [0, 0.05) is 37.4 Å². The molecule has 3 heterocycles. The van der Waals surface area contributed by atoms with E-state index in [1.54, 1.807) is 23.0 Å². The van der Waals surface area contributed by atoms with Crippen LogP contribution in [0.3, 0.4) is 0 Å². The average Bonchev–Trinajstić information content (AvgIpc) is 3.21. The molecule has 10 heteroatoms. The number of carbonyl (C=O) groups excluding carboxylic acids is 1. The maximum atomic E-state index is 12.6. The Kier molecular flexibility index (Phi) is 5.73. The van der Waals surface area contributed by atoms with Crippen LogP contribution < -0.4 is 4.90 Å². The van der Waals surface area contributed by atoms with Gasteiger partial charge in [-0.25, -0.2) is 4.98 Å². The topological polar surface area (TPSA) is 80.0 Å². The number of aromatic nitrogens is 5. The first-order chi connectivity index (χ1) is 13.7. The molecule has 0 unspecified atom stereocenters. The van der Waals surface area contributed by atoms with Crippen molar-refractivity contribution in [3.63, 3.8) is 0 Å². The highest BCUT2D eigenvalue weighted by Gasteiger charge is 2.22. The van der Waals surface area contributed by atoms with Crippen LogP contribution in [0.15, 0.2) is 53.8 Å². The number of nitrogens with zero attached hydrogens (tertiary/aromatic N) is 7. The number of tetrazole rings is 1. The fourth-order valence-electron chi connectivity index (χ4n) is 2.98. The SMILES string of the molecule is O=C(CSc1nnnn1-c1cccc(Cl)c1)N1CCN(c2ccccn2)CC1. The van der Waals surface area contributed by atoms with Gasteiger partial charge in [-0.3, -0.25) is 4.79 Å². The molecule has 0 N–H and O–H groups in total. The lowest BCUT2D eigenvalue weighted by atomic mass is 10.3. The van der Waals surface area contributed by atoms with Gasteiger partial charge in [0.05, 0.1) is 11.4 Å². The summed E-state index contributed by atoms with van der Waals surface area (Å²) in [6, 6.07) is 13.1. The highest BCUT2D eigenvalue weighted by Crippen LogP contribution is 2.21. The Bertz CT molecular complexity index is 944. The van der Waals surface area contributed by atoms with Crippen LogP contribution in [0.2, 0.25) is 5.02 Å². The van der Waals surface area contributed by atoms with Crippen LogP contribution in [0.5, 0.6) is 0 Å². The van der Waals surface area contributed by atoms with E-state index in [0.29, 0.717) is 23.3 Å². The molecule has 1 saturated heterocycles. The highest BCUT2D eigenvalue weighted by atomic mass is 35.5. The average molecular weight is 416 g/mol. The van der Waals surface area contributed by atoms with Crippen molar-refractivity contribution in [1.29, 1.82) is 0 Å². The summed E-state index contributed by atoms with van der Waals surface area (Å²) in [5.74, 6) is 1.31. The lowest BCUT2D eigenvalue weighted by Gasteiger charge is -2.35. The third-order valence-corrected chi connectivity index (χ3v) is 5.56. The fraction of sp³-hybridized carbons (Fsp3) is 0.278. The molecule has 28 heavy (non-hydrogen) atoms. The van der Waals surface area contributed by atoms with Gasteiger partial charge < -0.3 is 9.80 Å². The summed E-state index contributed by atoms with van der Waals surface area (Å²) in [5.41, 5.74) is 0.761. The number of hydrogen-bond donors (Lipinski definition) is 0. The summed E-state index contributed by atoms with van der Waals surface area (Å²) in [5, 5.41) is 12.9. The molecular formula is C18H18ClN7OS. The van der Waals surface area contributed by atoms with Crippen LogP contribution in [0.25, 0.3) is 5.69 Å². The van der Waals surface area contributed by atoms with E-state index in [9.17, 15) is 4.79 Å². The molecule has 1 aromatic carbocycles. The van der Waals surface area contributed by atoms with Gasteiger partial charge in [0.25, 0.3) is 0 Å². The molecule has 1 amide bonds. The molecule has 0 bridgehead atoms. The van der Waals surface area contributed by atoms with Crippen LogP contribution >= 0.6 is 23.4 Å². The van der Waals surface area contributed by atoms with Gasteiger partial charge in [-0.05, 0) is 40.8 Å². The van der Waals surface area contributed by atoms with Crippen molar-refractivity contribution in [2.75, 3.05) is 36.8 Å². The van der Waals surface area contributed by atoms with Gasteiger partial charge in [0.2, 0.25) is 11.1 Å². The number of halogens is 1. The minimum atomic E-state index is 0.0753. The molecular weight excluding hydrogens is 398 g/mol. The van der Waals surface area contributed by atoms with Gasteiger partial charge in [0.15, 0.2) is 0 Å². The first kappa shape index (κ1) is 18.7. The molecule has 2 aromatic heterocycles. The Labute approximate surface area is 171 Å². The van der Waals surface area contributed by atoms with Crippen LogP contribution in [-0.2, 0) is 4.79 Å². The monoisotopic (exact) mass is 415 g/mol. The number of benzene rings is 1. The highest BCUT2D eigenvalue weighted by molar-refractivity contribution is 7.99. The second-order valence-electron chi connectivity index (χ2n) is 6.20. The third kappa shape index (κ3) is 4.26. The van der Waals surface area contributed by atoms with Crippen molar-refractivity contribution in [3.05, 3.63) is 53.7 Å². The summed E-state index contributed by atoms with van der Waals surface area (Å²) in [7, 11) is 0. The Morgan fingerprint density at radius 1 is 1.11 bits per heavy atom. The van der Waals surface area contributed by atoms with Crippen molar-refractivity contribution in [2.24, 2.45) is 0 Å². The molecule has 0 spiro atoms. The molecule has 1 aliphatic heterocycles. The van der Waals surface area contributed by atoms with Crippen molar-refractivity contribution in [3.8, 4) is 5.69 Å². The fourth-order valence-corrected chi connectivity index (χ4v) is 3.96. The Morgan fingerprint density at radius 3 is 2.71 bits per heavy atom. The van der Waals surface area contributed by atoms with E-state index in [1.165, 1.54) is 11.8 Å². The quantitative estimate of drug-likeness (QED) is 0.590. The Balaban J connectivity index is 1.33. The number of hydrogen-bond acceptors (Lipinski definition) is 7. The van der Waals surface area contributed by atoms with Gasteiger partial charge in [-0.2, -0.15) is 4.68 Å². The molecule has 1 fully saturated rings. The lowest BCUT2D eigenvalue weighted by molar-refractivity contribution is -0.128. The van der Waals surface area contributed by atoms with E-state index in [4.69, 9.17) is 11.6 Å². The molecule has 8 nitrogen and oxygen atoms in total. The number of anilines is 1. The molecule has 1 aliphatic rings. The van der Waals surface area contributed by atoms with E-state index in [0.717, 1.165) is 24.6 Å². The minimum absolute atomic E-state index is 0.0753. The first-order valence-electron chi connectivity index (χ1n) is 8.81. The zero-order chi connectivity index (χ0) is 19.3. The minimum Gasteiger partial charge on any atom is -0.353 e. The zero-order valence-corrected chi connectivity index (χ0v) is 16.6. The van der Waals surface area contributed by atoms with Crippen LogP contribution in [-0.4, -0.2) is 67.9 Å². The summed E-state index contributed by atoms with van der Waals surface area (Å²) < 4.78 is 1.59. The predicted octanol–water partition coefficient (Wildman–Crippen LogP) is 2.15. The van der Waals surface area contributed by atoms with E-state index < -0.39 is 0 Å². The van der Waals surface area contributed by atoms with Crippen molar-refractivity contribution >= 4 is 35.1 Å².